The second-order valence-electron chi connectivity index (χ2n) is 7.13. The summed E-state index contributed by atoms with van der Waals surface area (Å²) in [7, 11) is 0. The summed E-state index contributed by atoms with van der Waals surface area (Å²) in [5, 5.41) is 4.69. The third kappa shape index (κ3) is 3.29. The van der Waals surface area contributed by atoms with Crippen molar-refractivity contribution in [3.8, 4) is 0 Å². The van der Waals surface area contributed by atoms with E-state index in [1.807, 2.05) is 6.07 Å². The predicted octanol–water partition coefficient (Wildman–Crippen LogP) is 5.52. The van der Waals surface area contributed by atoms with E-state index in [0.717, 1.165) is 29.3 Å². The third-order valence-corrected chi connectivity index (χ3v) is 6.16. The van der Waals surface area contributed by atoms with Crippen molar-refractivity contribution in [2.45, 2.75) is 58.4 Å². The molecule has 1 aromatic rings. The number of nitrogens with one attached hydrogen (secondary N) is 1. The van der Waals surface area contributed by atoms with Crippen LogP contribution in [0.2, 0.25) is 5.02 Å². The first-order chi connectivity index (χ1) is 10.2. The van der Waals surface area contributed by atoms with E-state index in [1.54, 1.807) is 0 Å². The maximum absolute atomic E-state index is 6.34. The van der Waals surface area contributed by atoms with Gasteiger partial charge in [0, 0.05) is 11.1 Å². The summed E-state index contributed by atoms with van der Waals surface area (Å²) in [6.45, 7) is 5.50. The Balaban J connectivity index is 1.75. The van der Waals surface area contributed by atoms with Gasteiger partial charge in [-0.1, -0.05) is 37.1 Å². The molecule has 4 unspecified atom stereocenters. The maximum Gasteiger partial charge on any atom is 0.0438 e. The van der Waals surface area contributed by atoms with Gasteiger partial charge in [0.05, 0.1) is 0 Å². The van der Waals surface area contributed by atoms with Crippen molar-refractivity contribution in [2.75, 3.05) is 6.54 Å². The highest BCUT2D eigenvalue weighted by Gasteiger charge is 2.40. The lowest BCUT2D eigenvalue weighted by atomic mass is 9.82. The normalized spacial score (nSPS) is 29.0. The van der Waals surface area contributed by atoms with Crippen LogP contribution in [0.4, 0.5) is 0 Å². The van der Waals surface area contributed by atoms with Gasteiger partial charge in [0.2, 0.25) is 0 Å². The number of rotatable bonds is 6. The molecule has 4 atom stereocenters. The zero-order valence-corrected chi connectivity index (χ0v) is 14.1. The number of halogens is 1. The average Bonchev–Trinajstić information content (AvgIpc) is 3.09. The van der Waals surface area contributed by atoms with Crippen LogP contribution in [0.5, 0.6) is 0 Å². The second-order valence-corrected chi connectivity index (χ2v) is 7.54. The Bertz CT molecular complexity index is 484. The summed E-state index contributed by atoms with van der Waals surface area (Å²) in [4.78, 5) is 0. The highest BCUT2D eigenvalue weighted by Crippen LogP contribution is 2.51. The molecular weight excluding hydrogens is 278 g/mol. The molecule has 0 aliphatic heterocycles. The van der Waals surface area contributed by atoms with E-state index in [9.17, 15) is 0 Å². The average molecular weight is 306 g/mol. The molecule has 2 heteroatoms. The Kier molecular flexibility index (Phi) is 4.91. The topological polar surface area (TPSA) is 12.0 Å². The van der Waals surface area contributed by atoms with Gasteiger partial charge in [-0.25, -0.2) is 0 Å². The maximum atomic E-state index is 6.34. The second kappa shape index (κ2) is 6.71. The molecule has 2 aliphatic rings. The van der Waals surface area contributed by atoms with E-state index >= 15 is 0 Å². The van der Waals surface area contributed by atoms with E-state index in [0.29, 0.717) is 6.04 Å². The van der Waals surface area contributed by atoms with Gasteiger partial charge in [-0.3, -0.25) is 0 Å². The van der Waals surface area contributed by atoms with Crippen molar-refractivity contribution in [1.29, 1.82) is 0 Å². The molecule has 0 aromatic heterocycles. The van der Waals surface area contributed by atoms with Crippen molar-refractivity contribution in [3.63, 3.8) is 0 Å². The zero-order chi connectivity index (χ0) is 14.8. The minimum atomic E-state index is 0.480. The summed E-state index contributed by atoms with van der Waals surface area (Å²) in [6, 6.07) is 6.86. The molecule has 1 N–H and O–H groups in total. The van der Waals surface area contributed by atoms with Gasteiger partial charge in [0.15, 0.2) is 0 Å². The van der Waals surface area contributed by atoms with Crippen LogP contribution in [0, 0.1) is 24.7 Å². The number of hydrogen-bond acceptors (Lipinski definition) is 1. The van der Waals surface area contributed by atoms with Crippen molar-refractivity contribution in [3.05, 3.63) is 34.3 Å². The van der Waals surface area contributed by atoms with Crippen LogP contribution in [-0.2, 0) is 0 Å². The molecule has 0 amide bonds. The van der Waals surface area contributed by atoms with E-state index in [1.165, 1.54) is 49.7 Å². The van der Waals surface area contributed by atoms with E-state index < -0.39 is 0 Å². The van der Waals surface area contributed by atoms with Gasteiger partial charge >= 0.3 is 0 Å². The molecule has 0 spiro atoms. The molecule has 2 saturated carbocycles. The highest BCUT2D eigenvalue weighted by molar-refractivity contribution is 6.31. The summed E-state index contributed by atoms with van der Waals surface area (Å²) >= 11 is 6.34. The molecule has 0 heterocycles. The van der Waals surface area contributed by atoms with Gasteiger partial charge in [-0.05, 0) is 80.5 Å². The zero-order valence-electron chi connectivity index (χ0n) is 13.4. The van der Waals surface area contributed by atoms with Crippen LogP contribution < -0.4 is 5.32 Å². The van der Waals surface area contributed by atoms with Crippen molar-refractivity contribution >= 4 is 11.6 Å². The minimum Gasteiger partial charge on any atom is -0.310 e. The Morgan fingerprint density at radius 2 is 2.14 bits per heavy atom. The molecule has 3 rings (SSSR count). The first-order valence-electron chi connectivity index (χ1n) is 8.67. The van der Waals surface area contributed by atoms with Crippen LogP contribution >= 0.6 is 11.6 Å². The minimum absolute atomic E-state index is 0.480. The van der Waals surface area contributed by atoms with Crippen LogP contribution in [0.1, 0.15) is 62.6 Å². The van der Waals surface area contributed by atoms with Crippen molar-refractivity contribution in [1.82, 2.24) is 5.32 Å². The summed E-state index contributed by atoms with van der Waals surface area (Å²) in [5.74, 6) is 2.96. The summed E-state index contributed by atoms with van der Waals surface area (Å²) < 4.78 is 0. The predicted molar refractivity (Wildman–Crippen MR) is 90.8 cm³/mol. The molecule has 116 valence electrons. The molecule has 0 radical (unpaired) electrons. The Hall–Kier alpha value is -0.530. The molecule has 2 aliphatic carbocycles. The highest BCUT2D eigenvalue weighted by atomic mass is 35.5. The van der Waals surface area contributed by atoms with E-state index in [4.69, 9.17) is 11.6 Å². The summed E-state index contributed by atoms with van der Waals surface area (Å²) in [6.07, 6.45) is 8.41. The van der Waals surface area contributed by atoms with Crippen LogP contribution in [0.25, 0.3) is 0 Å². The van der Waals surface area contributed by atoms with Crippen LogP contribution in [0.3, 0.4) is 0 Å². The third-order valence-electron chi connectivity index (χ3n) is 5.75. The SMILES string of the molecule is CCCNC(CC1CC2CCC1C2)c1cccc(Cl)c1C. The number of fused-ring (bicyclic) bond motifs is 2. The van der Waals surface area contributed by atoms with Crippen LogP contribution in [0.15, 0.2) is 18.2 Å². The Morgan fingerprint density at radius 3 is 2.81 bits per heavy atom. The molecule has 2 fully saturated rings. The number of hydrogen-bond donors (Lipinski definition) is 1. The lowest BCUT2D eigenvalue weighted by molar-refractivity contribution is 0.279. The van der Waals surface area contributed by atoms with Crippen LogP contribution in [-0.4, -0.2) is 6.54 Å². The fourth-order valence-electron chi connectivity index (χ4n) is 4.61. The lowest BCUT2D eigenvalue weighted by Gasteiger charge is -2.29. The van der Waals surface area contributed by atoms with Crippen molar-refractivity contribution < 1.29 is 0 Å². The summed E-state index contributed by atoms with van der Waals surface area (Å²) in [5.41, 5.74) is 2.68. The van der Waals surface area contributed by atoms with Gasteiger partial charge in [0.1, 0.15) is 0 Å². The first-order valence-corrected chi connectivity index (χ1v) is 9.05. The molecule has 1 nitrogen and oxygen atoms in total. The Labute approximate surface area is 134 Å². The van der Waals surface area contributed by atoms with Gasteiger partial charge in [-0.2, -0.15) is 0 Å². The fraction of sp³-hybridized carbons (Fsp3) is 0.684. The smallest absolute Gasteiger partial charge is 0.0438 e. The van der Waals surface area contributed by atoms with E-state index in [-0.39, 0.29) is 0 Å². The van der Waals surface area contributed by atoms with Gasteiger partial charge < -0.3 is 5.32 Å². The molecule has 1 aromatic carbocycles. The largest absolute Gasteiger partial charge is 0.310 e. The Morgan fingerprint density at radius 1 is 1.29 bits per heavy atom. The monoisotopic (exact) mass is 305 g/mol. The first kappa shape index (κ1) is 15.4. The lowest BCUT2D eigenvalue weighted by Crippen LogP contribution is -2.27. The van der Waals surface area contributed by atoms with Crippen molar-refractivity contribution in [2.24, 2.45) is 17.8 Å². The molecule has 2 bridgehead atoms. The fourth-order valence-corrected chi connectivity index (χ4v) is 4.79. The molecule has 0 saturated heterocycles. The standard InChI is InChI=1S/C19H28ClN/c1-3-9-21-19(17-5-4-6-18(20)13(17)2)12-16-11-14-7-8-15(16)10-14/h4-6,14-16,19,21H,3,7-12H2,1-2H3. The molecular formula is C19H28ClN. The number of benzene rings is 1. The van der Waals surface area contributed by atoms with E-state index in [2.05, 4.69) is 31.3 Å². The van der Waals surface area contributed by atoms with Gasteiger partial charge in [0.25, 0.3) is 0 Å². The van der Waals surface area contributed by atoms with Gasteiger partial charge in [-0.15, -0.1) is 0 Å². The molecule has 21 heavy (non-hydrogen) atoms. The quantitative estimate of drug-likeness (QED) is 0.730.